The zero-order valence-corrected chi connectivity index (χ0v) is 10.2. The van der Waals surface area contributed by atoms with Crippen LogP contribution in [-0.2, 0) is 6.54 Å². The maximum absolute atomic E-state index is 5.59. The van der Waals surface area contributed by atoms with Crippen LogP contribution >= 0.6 is 11.3 Å². The Bertz CT molecular complexity index is 461. The number of rotatable bonds is 4. The molecule has 0 bridgehead atoms. The third kappa shape index (κ3) is 2.13. The SMILES string of the molecule is CCn1cc(C(NN)c2cnc(C)s2)cn1. The van der Waals surface area contributed by atoms with Crippen molar-refractivity contribution in [3.05, 3.63) is 34.0 Å². The summed E-state index contributed by atoms with van der Waals surface area (Å²) in [5, 5.41) is 5.28. The predicted octanol–water partition coefficient (Wildman–Crippen LogP) is 1.22. The number of nitrogens with zero attached hydrogens (tertiary/aromatic N) is 3. The van der Waals surface area contributed by atoms with Gasteiger partial charge >= 0.3 is 0 Å². The molecule has 16 heavy (non-hydrogen) atoms. The van der Waals surface area contributed by atoms with E-state index in [1.165, 1.54) is 0 Å². The van der Waals surface area contributed by atoms with E-state index in [1.807, 2.05) is 30.2 Å². The monoisotopic (exact) mass is 237 g/mol. The summed E-state index contributed by atoms with van der Waals surface area (Å²) in [7, 11) is 0. The average molecular weight is 237 g/mol. The molecule has 0 amide bonds. The smallest absolute Gasteiger partial charge is 0.0897 e. The van der Waals surface area contributed by atoms with Crippen LogP contribution in [0.15, 0.2) is 18.6 Å². The molecule has 2 heterocycles. The van der Waals surface area contributed by atoms with Crippen molar-refractivity contribution in [2.24, 2.45) is 5.84 Å². The first-order valence-electron chi connectivity index (χ1n) is 5.15. The van der Waals surface area contributed by atoms with Gasteiger partial charge in [-0.05, 0) is 13.8 Å². The Morgan fingerprint density at radius 1 is 1.56 bits per heavy atom. The number of hydrogen-bond acceptors (Lipinski definition) is 5. The fourth-order valence-electron chi connectivity index (χ4n) is 1.56. The minimum atomic E-state index is -0.0218. The topological polar surface area (TPSA) is 68.8 Å². The predicted molar refractivity (Wildman–Crippen MR) is 63.9 cm³/mol. The van der Waals surface area contributed by atoms with E-state index in [0.29, 0.717) is 0 Å². The number of hydrazine groups is 1. The lowest BCUT2D eigenvalue weighted by Gasteiger charge is -2.10. The molecule has 0 aliphatic carbocycles. The standard InChI is InChI=1S/C10H15N5S/c1-3-15-6-8(4-13-15)10(14-11)9-5-12-7(2)16-9/h4-6,10,14H,3,11H2,1-2H3. The Balaban J connectivity index is 2.28. The van der Waals surface area contributed by atoms with Crippen LogP contribution in [0.3, 0.4) is 0 Å². The molecule has 2 aromatic heterocycles. The molecule has 0 radical (unpaired) electrons. The fourth-order valence-corrected chi connectivity index (χ4v) is 2.43. The van der Waals surface area contributed by atoms with Crippen LogP contribution < -0.4 is 11.3 Å². The second-order valence-electron chi connectivity index (χ2n) is 3.51. The van der Waals surface area contributed by atoms with E-state index in [1.54, 1.807) is 11.3 Å². The molecule has 6 heteroatoms. The van der Waals surface area contributed by atoms with E-state index in [2.05, 4.69) is 22.4 Å². The summed E-state index contributed by atoms with van der Waals surface area (Å²) in [5.74, 6) is 5.59. The molecule has 0 aliphatic rings. The second-order valence-corrected chi connectivity index (χ2v) is 4.78. The first-order valence-corrected chi connectivity index (χ1v) is 5.97. The van der Waals surface area contributed by atoms with Crippen LogP contribution in [0.5, 0.6) is 0 Å². The van der Waals surface area contributed by atoms with Crippen LogP contribution in [-0.4, -0.2) is 14.8 Å². The Morgan fingerprint density at radius 3 is 2.88 bits per heavy atom. The number of aromatic nitrogens is 3. The van der Waals surface area contributed by atoms with Crippen molar-refractivity contribution in [1.82, 2.24) is 20.2 Å². The van der Waals surface area contributed by atoms with E-state index >= 15 is 0 Å². The summed E-state index contributed by atoms with van der Waals surface area (Å²) < 4.78 is 1.88. The van der Waals surface area contributed by atoms with Gasteiger partial charge in [-0.25, -0.2) is 10.4 Å². The summed E-state index contributed by atoms with van der Waals surface area (Å²) >= 11 is 1.64. The lowest BCUT2D eigenvalue weighted by atomic mass is 10.1. The number of hydrogen-bond donors (Lipinski definition) is 2. The van der Waals surface area contributed by atoms with Gasteiger partial charge in [-0.3, -0.25) is 10.5 Å². The Morgan fingerprint density at radius 2 is 2.38 bits per heavy atom. The molecule has 0 aromatic carbocycles. The molecular weight excluding hydrogens is 222 g/mol. The number of nitrogens with one attached hydrogen (secondary N) is 1. The first kappa shape index (κ1) is 11.3. The summed E-state index contributed by atoms with van der Waals surface area (Å²) in [4.78, 5) is 5.34. The summed E-state index contributed by atoms with van der Waals surface area (Å²) in [6.45, 7) is 4.90. The molecule has 0 fully saturated rings. The second kappa shape index (κ2) is 4.73. The van der Waals surface area contributed by atoms with Gasteiger partial charge in [-0.2, -0.15) is 5.10 Å². The molecule has 0 saturated heterocycles. The quantitative estimate of drug-likeness (QED) is 0.619. The molecule has 3 N–H and O–H groups in total. The number of nitrogens with two attached hydrogens (primary N) is 1. The van der Waals surface area contributed by atoms with Crippen molar-refractivity contribution in [2.75, 3.05) is 0 Å². The molecule has 86 valence electrons. The normalized spacial score (nSPS) is 12.9. The third-order valence-corrected chi connectivity index (χ3v) is 3.38. The van der Waals surface area contributed by atoms with Gasteiger partial charge < -0.3 is 0 Å². The molecule has 0 saturated carbocycles. The number of thiazole rings is 1. The minimum absolute atomic E-state index is 0.0218. The van der Waals surface area contributed by atoms with Gasteiger partial charge in [0.05, 0.1) is 17.2 Å². The van der Waals surface area contributed by atoms with Gasteiger partial charge in [0.2, 0.25) is 0 Å². The Hall–Kier alpha value is -1.24. The van der Waals surface area contributed by atoms with Gasteiger partial charge in [0.25, 0.3) is 0 Å². The highest BCUT2D eigenvalue weighted by atomic mass is 32.1. The third-order valence-electron chi connectivity index (χ3n) is 2.40. The Labute approximate surface area is 98.3 Å². The fraction of sp³-hybridized carbons (Fsp3) is 0.400. The molecule has 2 aromatic rings. The van der Waals surface area contributed by atoms with Gasteiger partial charge in [0.15, 0.2) is 0 Å². The lowest BCUT2D eigenvalue weighted by Crippen LogP contribution is -2.27. The van der Waals surface area contributed by atoms with Crippen LogP contribution in [0.2, 0.25) is 0 Å². The molecule has 0 spiro atoms. The molecule has 0 aliphatic heterocycles. The van der Waals surface area contributed by atoms with Gasteiger partial charge in [-0.15, -0.1) is 11.3 Å². The molecular formula is C10H15N5S. The summed E-state index contributed by atoms with van der Waals surface area (Å²) in [5.41, 5.74) is 3.87. The first-order chi connectivity index (χ1) is 7.74. The van der Waals surface area contributed by atoms with E-state index < -0.39 is 0 Å². The van der Waals surface area contributed by atoms with Crippen molar-refractivity contribution in [2.45, 2.75) is 26.4 Å². The van der Waals surface area contributed by atoms with E-state index in [9.17, 15) is 0 Å². The van der Waals surface area contributed by atoms with Crippen LogP contribution in [0.25, 0.3) is 0 Å². The molecule has 5 nitrogen and oxygen atoms in total. The van der Waals surface area contributed by atoms with E-state index in [4.69, 9.17) is 5.84 Å². The van der Waals surface area contributed by atoms with Crippen molar-refractivity contribution in [3.63, 3.8) is 0 Å². The van der Waals surface area contributed by atoms with Crippen molar-refractivity contribution < 1.29 is 0 Å². The van der Waals surface area contributed by atoms with Crippen LogP contribution in [0, 0.1) is 6.92 Å². The highest BCUT2D eigenvalue weighted by molar-refractivity contribution is 7.11. The zero-order valence-electron chi connectivity index (χ0n) is 9.34. The zero-order chi connectivity index (χ0) is 11.5. The van der Waals surface area contributed by atoms with Crippen molar-refractivity contribution in [3.8, 4) is 0 Å². The van der Waals surface area contributed by atoms with E-state index in [0.717, 1.165) is 22.0 Å². The summed E-state index contributed by atoms with van der Waals surface area (Å²) in [6.07, 6.45) is 5.69. The maximum Gasteiger partial charge on any atom is 0.0897 e. The van der Waals surface area contributed by atoms with Crippen LogP contribution in [0.4, 0.5) is 0 Å². The largest absolute Gasteiger partial charge is 0.273 e. The average Bonchev–Trinajstić information content (AvgIpc) is 2.89. The van der Waals surface area contributed by atoms with Gasteiger partial charge in [-0.1, -0.05) is 0 Å². The van der Waals surface area contributed by atoms with Gasteiger partial charge in [0, 0.05) is 29.4 Å². The highest BCUT2D eigenvalue weighted by Gasteiger charge is 2.16. The number of aryl methyl sites for hydroxylation is 2. The van der Waals surface area contributed by atoms with Crippen molar-refractivity contribution >= 4 is 11.3 Å². The minimum Gasteiger partial charge on any atom is -0.273 e. The molecule has 1 atom stereocenters. The Kier molecular flexibility index (Phi) is 3.33. The molecule has 2 rings (SSSR count). The van der Waals surface area contributed by atoms with Crippen molar-refractivity contribution in [1.29, 1.82) is 0 Å². The van der Waals surface area contributed by atoms with Crippen LogP contribution in [0.1, 0.15) is 28.4 Å². The lowest BCUT2D eigenvalue weighted by molar-refractivity contribution is 0.636. The maximum atomic E-state index is 5.59. The van der Waals surface area contributed by atoms with Gasteiger partial charge in [0.1, 0.15) is 0 Å². The van der Waals surface area contributed by atoms with E-state index in [-0.39, 0.29) is 6.04 Å². The summed E-state index contributed by atoms with van der Waals surface area (Å²) in [6, 6.07) is -0.0218. The molecule has 1 unspecified atom stereocenters. The highest BCUT2D eigenvalue weighted by Crippen LogP contribution is 2.25.